The molecule has 0 amide bonds. The molecule has 0 heterocycles. The van der Waals surface area contributed by atoms with Crippen LogP contribution in [0, 0.1) is 5.41 Å². The molecule has 0 aromatic rings. The minimum atomic E-state index is -0.0353. The van der Waals surface area contributed by atoms with Crippen LogP contribution in [0.2, 0.25) is 0 Å². The van der Waals surface area contributed by atoms with Crippen molar-refractivity contribution < 1.29 is 4.65 Å². The summed E-state index contributed by atoms with van der Waals surface area (Å²) >= 11 is 0. The number of rotatable bonds is 4. The Hall–Kier alpha value is -0.235. The first-order valence-corrected chi connectivity index (χ1v) is 4.52. The summed E-state index contributed by atoms with van der Waals surface area (Å²) in [7, 11) is 0.642. The SMILES string of the molecule is C=CBOC(C)(C)CC(C)(C)C. The average Bonchev–Trinajstić information content (AvgIpc) is 1.78. The number of hydrogen-bond donors (Lipinski definition) is 0. The Morgan fingerprint density at radius 2 is 1.75 bits per heavy atom. The molecule has 70 valence electrons. The summed E-state index contributed by atoms with van der Waals surface area (Å²) in [5.41, 5.74) is 0.289. The van der Waals surface area contributed by atoms with Gasteiger partial charge in [0.25, 0.3) is 0 Å². The van der Waals surface area contributed by atoms with Crippen LogP contribution in [0.25, 0.3) is 0 Å². The molecule has 0 bridgehead atoms. The topological polar surface area (TPSA) is 9.23 Å². The molecule has 0 aliphatic carbocycles. The lowest BCUT2D eigenvalue weighted by Crippen LogP contribution is -2.31. The molecule has 0 aliphatic rings. The van der Waals surface area contributed by atoms with Crippen LogP contribution in [0.3, 0.4) is 0 Å². The molecule has 12 heavy (non-hydrogen) atoms. The quantitative estimate of drug-likeness (QED) is 0.586. The lowest BCUT2D eigenvalue weighted by atomic mass is 9.82. The van der Waals surface area contributed by atoms with Crippen molar-refractivity contribution >= 4 is 7.48 Å². The lowest BCUT2D eigenvalue weighted by Gasteiger charge is -2.32. The van der Waals surface area contributed by atoms with Crippen molar-refractivity contribution in [2.45, 2.75) is 46.6 Å². The van der Waals surface area contributed by atoms with Gasteiger partial charge in [0.1, 0.15) is 0 Å². The number of hydrogen-bond acceptors (Lipinski definition) is 1. The normalized spacial score (nSPS) is 12.8. The molecule has 0 N–H and O–H groups in total. The van der Waals surface area contributed by atoms with Crippen molar-refractivity contribution in [1.82, 2.24) is 0 Å². The minimum absolute atomic E-state index is 0.0353. The maximum absolute atomic E-state index is 5.64. The monoisotopic (exact) mass is 168 g/mol. The lowest BCUT2D eigenvalue weighted by molar-refractivity contribution is 0.0682. The Morgan fingerprint density at radius 3 is 2.08 bits per heavy atom. The van der Waals surface area contributed by atoms with Gasteiger partial charge < -0.3 is 4.65 Å². The Kier molecular flexibility index (Phi) is 4.05. The van der Waals surface area contributed by atoms with E-state index in [1.54, 1.807) is 5.98 Å². The van der Waals surface area contributed by atoms with Gasteiger partial charge in [-0.25, -0.2) is 0 Å². The van der Waals surface area contributed by atoms with Gasteiger partial charge in [-0.3, -0.25) is 0 Å². The minimum Gasteiger partial charge on any atom is -0.430 e. The first-order chi connectivity index (χ1) is 5.27. The van der Waals surface area contributed by atoms with E-state index in [0.29, 0.717) is 12.9 Å². The first kappa shape index (κ1) is 11.8. The zero-order valence-corrected chi connectivity index (χ0v) is 9.11. The van der Waals surface area contributed by atoms with E-state index in [1.807, 2.05) is 0 Å². The van der Waals surface area contributed by atoms with E-state index >= 15 is 0 Å². The zero-order valence-electron chi connectivity index (χ0n) is 9.11. The molecular weight excluding hydrogens is 147 g/mol. The summed E-state index contributed by atoms with van der Waals surface area (Å²) in [6, 6.07) is 0. The van der Waals surface area contributed by atoms with E-state index in [1.165, 1.54) is 0 Å². The van der Waals surface area contributed by atoms with E-state index in [2.05, 4.69) is 41.2 Å². The van der Waals surface area contributed by atoms with Crippen molar-refractivity contribution in [1.29, 1.82) is 0 Å². The fourth-order valence-electron chi connectivity index (χ4n) is 1.61. The van der Waals surface area contributed by atoms with Gasteiger partial charge in [0.15, 0.2) is 0 Å². The predicted octanol–water partition coefficient (Wildman–Crippen LogP) is 2.71. The second kappa shape index (κ2) is 4.13. The van der Waals surface area contributed by atoms with Gasteiger partial charge >= 0.3 is 7.48 Å². The molecule has 0 saturated carbocycles. The van der Waals surface area contributed by atoms with E-state index < -0.39 is 0 Å². The molecule has 0 unspecified atom stereocenters. The molecule has 1 nitrogen and oxygen atoms in total. The maximum Gasteiger partial charge on any atom is 0.301 e. The van der Waals surface area contributed by atoms with E-state index in [0.717, 1.165) is 6.42 Å². The maximum atomic E-state index is 5.64. The highest BCUT2D eigenvalue weighted by Crippen LogP contribution is 2.28. The van der Waals surface area contributed by atoms with Crippen LogP contribution in [0.5, 0.6) is 0 Å². The smallest absolute Gasteiger partial charge is 0.301 e. The Bertz CT molecular complexity index is 144. The van der Waals surface area contributed by atoms with Crippen molar-refractivity contribution in [2.75, 3.05) is 0 Å². The highest BCUT2D eigenvalue weighted by atomic mass is 16.5. The van der Waals surface area contributed by atoms with Gasteiger partial charge in [0, 0.05) is 5.60 Å². The molecule has 0 aromatic carbocycles. The standard InChI is InChI=1S/C10H21BO/c1-7-11-12-10(5,6)8-9(2,3)4/h7,11H,1,8H2,2-6H3. The average molecular weight is 168 g/mol. The Morgan fingerprint density at radius 1 is 1.25 bits per heavy atom. The van der Waals surface area contributed by atoms with Crippen molar-refractivity contribution in [3.05, 3.63) is 12.6 Å². The second-order valence-corrected chi connectivity index (χ2v) is 5.10. The highest BCUT2D eigenvalue weighted by Gasteiger charge is 2.25. The van der Waals surface area contributed by atoms with Crippen LogP contribution < -0.4 is 0 Å². The van der Waals surface area contributed by atoms with Gasteiger partial charge in [-0.2, -0.15) is 0 Å². The van der Waals surface area contributed by atoms with Crippen LogP contribution in [-0.4, -0.2) is 13.1 Å². The van der Waals surface area contributed by atoms with Crippen molar-refractivity contribution in [3.63, 3.8) is 0 Å². The summed E-state index contributed by atoms with van der Waals surface area (Å²) in [5, 5.41) is 0. The van der Waals surface area contributed by atoms with Gasteiger partial charge in [-0.1, -0.05) is 26.7 Å². The van der Waals surface area contributed by atoms with E-state index in [4.69, 9.17) is 4.65 Å². The van der Waals surface area contributed by atoms with E-state index in [-0.39, 0.29) is 5.60 Å². The zero-order chi connectivity index (χ0) is 9.83. The van der Waals surface area contributed by atoms with Crippen LogP contribution >= 0.6 is 0 Å². The van der Waals surface area contributed by atoms with Crippen LogP contribution in [0.15, 0.2) is 12.6 Å². The Labute approximate surface area is 77.5 Å². The summed E-state index contributed by atoms with van der Waals surface area (Å²) in [5.74, 6) is 1.80. The van der Waals surface area contributed by atoms with Crippen LogP contribution in [0.1, 0.15) is 41.0 Å². The molecule has 0 saturated heterocycles. The third-order valence-electron chi connectivity index (χ3n) is 1.55. The van der Waals surface area contributed by atoms with Crippen molar-refractivity contribution in [2.24, 2.45) is 5.41 Å². The summed E-state index contributed by atoms with van der Waals surface area (Å²) in [4.78, 5) is 0. The van der Waals surface area contributed by atoms with Gasteiger partial charge in [0.05, 0.1) is 0 Å². The molecule has 2 heteroatoms. The highest BCUT2D eigenvalue weighted by molar-refractivity contribution is 6.34. The van der Waals surface area contributed by atoms with E-state index in [9.17, 15) is 0 Å². The molecular formula is C10H21BO. The molecule has 0 spiro atoms. The predicted molar refractivity (Wildman–Crippen MR) is 56.6 cm³/mol. The summed E-state index contributed by atoms with van der Waals surface area (Å²) in [6.45, 7) is 14.6. The summed E-state index contributed by atoms with van der Waals surface area (Å²) < 4.78 is 5.64. The summed E-state index contributed by atoms with van der Waals surface area (Å²) in [6.07, 6.45) is 1.06. The molecule has 0 aromatic heterocycles. The van der Waals surface area contributed by atoms with Crippen molar-refractivity contribution in [3.8, 4) is 0 Å². The molecule has 0 radical (unpaired) electrons. The van der Waals surface area contributed by atoms with Gasteiger partial charge in [-0.05, 0) is 25.7 Å². The van der Waals surface area contributed by atoms with Crippen LogP contribution in [-0.2, 0) is 4.65 Å². The van der Waals surface area contributed by atoms with Crippen LogP contribution in [0.4, 0.5) is 0 Å². The Balaban J connectivity index is 3.94. The molecule has 0 aliphatic heterocycles. The molecule has 0 fully saturated rings. The van der Waals surface area contributed by atoms with Gasteiger partial charge in [-0.15, -0.1) is 6.58 Å². The third-order valence-corrected chi connectivity index (χ3v) is 1.55. The fourth-order valence-corrected chi connectivity index (χ4v) is 1.61. The second-order valence-electron chi connectivity index (χ2n) is 5.10. The largest absolute Gasteiger partial charge is 0.430 e. The third kappa shape index (κ3) is 6.47. The molecule has 0 rings (SSSR count). The fraction of sp³-hybridized carbons (Fsp3) is 0.800. The molecule has 0 atom stereocenters. The first-order valence-electron chi connectivity index (χ1n) is 4.52. The van der Waals surface area contributed by atoms with Gasteiger partial charge in [0.2, 0.25) is 0 Å².